The Labute approximate surface area is 139 Å². The van der Waals surface area contributed by atoms with Crippen LogP contribution in [-0.2, 0) is 6.54 Å². The molecule has 1 aromatic rings. The molecule has 1 aromatic carbocycles. The molecule has 0 amide bonds. The molecule has 0 radical (unpaired) electrons. The lowest BCUT2D eigenvalue weighted by molar-refractivity contribution is -0.0505. The van der Waals surface area contributed by atoms with Gasteiger partial charge in [-0.05, 0) is 18.9 Å². The molecule has 6 nitrogen and oxygen atoms in total. The summed E-state index contributed by atoms with van der Waals surface area (Å²) in [6.45, 7) is -0.975. The molecule has 2 aliphatic rings. The van der Waals surface area contributed by atoms with Gasteiger partial charge in [-0.25, -0.2) is 4.99 Å². The van der Waals surface area contributed by atoms with E-state index in [1.54, 1.807) is 6.07 Å². The monoisotopic (exact) mass is 341 g/mol. The molecular weight excluding hydrogens is 320 g/mol. The average molecular weight is 341 g/mol. The van der Waals surface area contributed by atoms with Crippen LogP contribution in [0.15, 0.2) is 17.1 Å². The molecule has 2 heterocycles. The smallest absolute Gasteiger partial charge is 0.387 e. The third-order valence-electron chi connectivity index (χ3n) is 4.11. The lowest BCUT2D eigenvalue weighted by atomic mass is 10.1. The first-order valence-electron chi connectivity index (χ1n) is 8.05. The van der Waals surface area contributed by atoms with Gasteiger partial charge in [-0.1, -0.05) is 12.8 Å². The number of guanidine groups is 1. The molecule has 0 aromatic heterocycles. The summed E-state index contributed by atoms with van der Waals surface area (Å²) >= 11 is 0. The summed E-state index contributed by atoms with van der Waals surface area (Å²) in [5, 5.41) is 0. The van der Waals surface area contributed by atoms with Crippen molar-refractivity contribution in [3.8, 4) is 17.2 Å². The maximum Gasteiger partial charge on any atom is 0.387 e. The number of rotatable bonds is 4. The fourth-order valence-electron chi connectivity index (χ4n) is 2.86. The number of likely N-dealkylation sites (tertiary alicyclic amines) is 1. The molecule has 2 aliphatic heterocycles. The van der Waals surface area contributed by atoms with Gasteiger partial charge in [0.15, 0.2) is 17.5 Å². The number of aliphatic imine (C=N–C) groups is 1. The van der Waals surface area contributed by atoms with Crippen molar-refractivity contribution in [3.63, 3.8) is 0 Å². The van der Waals surface area contributed by atoms with Crippen molar-refractivity contribution in [1.29, 1.82) is 0 Å². The number of hydrogen-bond acceptors (Lipinski definition) is 4. The van der Waals surface area contributed by atoms with Crippen LogP contribution >= 0.6 is 0 Å². The van der Waals surface area contributed by atoms with Gasteiger partial charge in [-0.3, -0.25) is 0 Å². The summed E-state index contributed by atoms with van der Waals surface area (Å²) in [5.74, 6) is 1.34. The van der Waals surface area contributed by atoms with Gasteiger partial charge in [-0.15, -0.1) is 0 Å². The highest BCUT2D eigenvalue weighted by Gasteiger charge is 2.20. The van der Waals surface area contributed by atoms with Crippen LogP contribution in [0, 0.1) is 0 Å². The molecule has 132 valence electrons. The minimum Gasteiger partial charge on any atom is -0.454 e. The second kappa shape index (κ2) is 7.55. The zero-order valence-corrected chi connectivity index (χ0v) is 13.3. The Kier molecular flexibility index (Phi) is 5.22. The maximum absolute atomic E-state index is 12.6. The van der Waals surface area contributed by atoms with Gasteiger partial charge >= 0.3 is 6.61 Å². The van der Waals surface area contributed by atoms with E-state index in [2.05, 4.69) is 9.73 Å². The van der Waals surface area contributed by atoms with Gasteiger partial charge in [0.2, 0.25) is 6.79 Å². The van der Waals surface area contributed by atoms with Crippen molar-refractivity contribution in [3.05, 3.63) is 17.7 Å². The molecule has 0 spiro atoms. The average Bonchev–Trinajstić information content (AvgIpc) is 2.82. The Morgan fingerprint density at radius 2 is 1.83 bits per heavy atom. The second-order valence-corrected chi connectivity index (χ2v) is 5.77. The van der Waals surface area contributed by atoms with Crippen LogP contribution in [0.25, 0.3) is 0 Å². The molecule has 0 saturated carbocycles. The summed E-state index contributed by atoms with van der Waals surface area (Å²) in [5.41, 5.74) is 6.54. The van der Waals surface area contributed by atoms with E-state index >= 15 is 0 Å². The van der Waals surface area contributed by atoms with E-state index in [1.165, 1.54) is 18.9 Å². The zero-order chi connectivity index (χ0) is 16.9. The molecule has 24 heavy (non-hydrogen) atoms. The van der Waals surface area contributed by atoms with Gasteiger partial charge in [0.25, 0.3) is 0 Å². The topological polar surface area (TPSA) is 69.3 Å². The Balaban J connectivity index is 1.76. The summed E-state index contributed by atoms with van der Waals surface area (Å²) in [6.07, 6.45) is 4.55. The van der Waals surface area contributed by atoms with Crippen LogP contribution in [0.5, 0.6) is 17.2 Å². The first-order valence-corrected chi connectivity index (χ1v) is 8.05. The van der Waals surface area contributed by atoms with Gasteiger partial charge in [-0.2, -0.15) is 8.78 Å². The molecular formula is C16H21F2N3O3. The third-order valence-corrected chi connectivity index (χ3v) is 4.11. The maximum atomic E-state index is 12.6. The molecule has 1 saturated heterocycles. The van der Waals surface area contributed by atoms with Crippen molar-refractivity contribution in [2.75, 3.05) is 19.9 Å². The quantitative estimate of drug-likeness (QED) is 0.674. The summed E-state index contributed by atoms with van der Waals surface area (Å²) in [7, 11) is 0. The number of ether oxygens (including phenoxy) is 3. The zero-order valence-electron chi connectivity index (χ0n) is 13.3. The molecule has 3 rings (SSSR count). The van der Waals surface area contributed by atoms with Crippen molar-refractivity contribution in [1.82, 2.24) is 4.90 Å². The normalized spacial score (nSPS) is 18.0. The highest BCUT2D eigenvalue weighted by atomic mass is 19.3. The fraction of sp³-hybridized carbons (Fsp3) is 0.562. The number of benzene rings is 1. The number of nitrogens with zero attached hydrogens (tertiary/aromatic N) is 2. The van der Waals surface area contributed by atoms with Crippen molar-refractivity contribution < 1.29 is 23.0 Å². The minimum absolute atomic E-state index is 0.0293. The summed E-state index contributed by atoms with van der Waals surface area (Å²) in [6, 6.07) is 3.01. The Morgan fingerprint density at radius 1 is 1.17 bits per heavy atom. The lowest BCUT2D eigenvalue weighted by Crippen LogP contribution is -2.38. The number of fused-ring (bicyclic) bond motifs is 1. The first-order chi connectivity index (χ1) is 11.6. The number of hydrogen-bond donors (Lipinski definition) is 1. The van der Waals surface area contributed by atoms with Crippen LogP contribution in [0.3, 0.4) is 0 Å². The van der Waals surface area contributed by atoms with E-state index in [9.17, 15) is 8.78 Å². The van der Waals surface area contributed by atoms with Crippen LogP contribution in [-0.4, -0.2) is 37.4 Å². The van der Waals surface area contributed by atoms with Crippen LogP contribution in [0.1, 0.15) is 31.2 Å². The fourth-order valence-corrected chi connectivity index (χ4v) is 2.86. The van der Waals surface area contributed by atoms with E-state index in [0.29, 0.717) is 23.0 Å². The van der Waals surface area contributed by atoms with Gasteiger partial charge in [0, 0.05) is 24.7 Å². The molecule has 0 atom stereocenters. The summed E-state index contributed by atoms with van der Waals surface area (Å²) in [4.78, 5) is 6.39. The first kappa shape index (κ1) is 16.6. The molecule has 0 bridgehead atoms. The van der Waals surface area contributed by atoms with Crippen molar-refractivity contribution >= 4 is 5.96 Å². The highest BCUT2D eigenvalue weighted by Crippen LogP contribution is 2.39. The van der Waals surface area contributed by atoms with Crippen LogP contribution < -0.4 is 19.9 Å². The molecule has 8 heteroatoms. The number of alkyl halides is 2. The summed E-state index contributed by atoms with van der Waals surface area (Å²) < 4.78 is 40.3. The Hall–Kier alpha value is -2.25. The second-order valence-electron chi connectivity index (χ2n) is 5.77. The standard InChI is InChI=1S/C16H21F2N3O3/c17-15(18)24-12-8-14-13(22-10-23-14)7-11(12)9-20-16(19)21-5-3-1-2-4-6-21/h7-8,15H,1-6,9-10H2,(H2,19,20). The van der Waals surface area contributed by atoms with Gasteiger partial charge in [0.05, 0.1) is 6.54 Å². The minimum atomic E-state index is -2.92. The Bertz CT molecular complexity index is 602. The van der Waals surface area contributed by atoms with Crippen LogP contribution in [0.2, 0.25) is 0 Å². The Morgan fingerprint density at radius 3 is 2.50 bits per heavy atom. The van der Waals surface area contributed by atoms with Crippen LogP contribution in [0.4, 0.5) is 8.78 Å². The number of nitrogens with two attached hydrogens (primary N) is 1. The molecule has 2 N–H and O–H groups in total. The van der Waals surface area contributed by atoms with Gasteiger partial charge in [0.1, 0.15) is 5.75 Å². The SMILES string of the molecule is NC(=NCc1cc2c(cc1OC(F)F)OCO2)N1CCCCCC1. The third kappa shape index (κ3) is 3.98. The lowest BCUT2D eigenvalue weighted by Gasteiger charge is -2.21. The van der Waals surface area contributed by atoms with E-state index in [-0.39, 0.29) is 19.1 Å². The molecule has 1 fully saturated rings. The largest absolute Gasteiger partial charge is 0.454 e. The highest BCUT2D eigenvalue weighted by molar-refractivity contribution is 5.78. The predicted octanol–water partition coefficient (Wildman–Crippen LogP) is 2.71. The van der Waals surface area contributed by atoms with Crippen molar-refractivity contribution in [2.45, 2.75) is 38.8 Å². The molecule has 0 unspecified atom stereocenters. The van der Waals surface area contributed by atoms with Crippen molar-refractivity contribution in [2.24, 2.45) is 10.7 Å². The van der Waals surface area contributed by atoms with E-state index < -0.39 is 6.61 Å². The predicted molar refractivity (Wildman–Crippen MR) is 84.6 cm³/mol. The number of halogens is 2. The molecule has 0 aliphatic carbocycles. The van der Waals surface area contributed by atoms with E-state index in [1.807, 2.05) is 4.90 Å². The van der Waals surface area contributed by atoms with Gasteiger partial charge < -0.3 is 24.8 Å². The van der Waals surface area contributed by atoms with E-state index in [0.717, 1.165) is 25.9 Å². The van der Waals surface area contributed by atoms with E-state index in [4.69, 9.17) is 15.2 Å².